The van der Waals surface area contributed by atoms with E-state index in [9.17, 15) is 22.0 Å². The maximum absolute atomic E-state index is 13.0. The summed E-state index contributed by atoms with van der Waals surface area (Å²) in [6.07, 6.45) is -7.24. The molecule has 152 valence electrons. The third kappa shape index (κ3) is 5.54. The van der Waals surface area contributed by atoms with Crippen LogP contribution in [0.2, 0.25) is 0 Å². The minimum Gasteiger partial charge on any atom is -0.394 e. The molecule has 0 radical (unpaired) electrons. The second kappa shape index (κ2) is 8.85. The molecular weight excluding hydrogens is 385 g/mol. The molecule has 0 amide bonds. The van der Waals surface area contributed by atoms with Gasteiger partial charge in [-0.3, -0.25) is 0 Å². The van der Waals surface area contributed by atoms with Gasteiger partial charge in [-0.2, -0.15) is 13.2 Å². The maximum atomic E-state index is 13.0. The van der Waals surface area contributed by atoms with Crippen molar-refractivity contribution in [2.75, 3.05) is 18.5 Å². The number of alkyl halides is 5. The Kier molecular flexibility index (Phi) is 6.75. The van der Waals surface area contributed by atoms with Gasteiger partial charge in [0.25, 0.3) is 6.43 Å². The number of benzene rings is 2. The average molecular weight is 403 g/mol. The number of hydrazine groups is 1. The number of nitrogens with two attached hydrogens (primary N) is 2. The van der Waals surface area contributed by atoms with E-state index < -0.39 is 18.2 Å². The van der Waals surface area contributed by atoms with Gasteiger partial charge in [0.15, 0.2) is 5.84 Å². The van der Waals surface area contributed by atoms with E-state index in [-0.39, 0.29) is 41.5 Å². The second-order valence-electron chi connectivity index (χ2n) is 5.68. The van der Waals surface area contributed by atoms with Gasteiger partial charge in [-0.1, -0.05) is 6.07 Å². The summed E-state index contributed by atoms with van der Waals surface area (Å²) in [6, 6.07) is 7.73. The van der Waals surface area contributed by atoms with Crippen molar-refractivity contribution in [2.45, 2.75) is 12.6 Å². The molecule has 0 spiro atoms. The fraction of sp³-hybridized carbons (Fsp3) is 0.235. The molecule has 2 aromatic carbocycles. The summed E-state index contributed by atoms with van der Waals surface area (Å²) in [5, 5.41) is 16.3. The summed E-state index contributed by atoms with van der Waals surface area (Å²) >= 11 is 0. The highest BCUT2D eigenvalue weighted by molar-refractivity contribution is 6.03. The summed E-state index contributed by atoms with van der Waals surface area (Å²) < 4.78 is 64.1. The number of nitrogens with one attached hydrogen (secondary N) is 1. The van der Waals surface area contributed by atoms with Crippen LogP contribution in [0.5, 0.6) is 0 Å². The van der Waals surface area contributed by atoms with E-state index in [0.717, 1.165) is 29.4 Å². The van der Waals surface area contributed by atoms with E-state index in [1.807, 2.05) is 0 Å². The molecule has 0 unspecified atom stereocenters. The Hall–Kier alpha value is -2.92. The third-order valence-electron chi connectivity index (χ3n) is 3.63. The van der Waals surface area contributed by atoms with E-state index in [4.69, 9.17) is 16.7 Å². The van der Waals surface area contributed by atoms with Gasteiger partial charge in [0.2, 0.25) is 0 Å². The average Bonchev–Trinajstić information content (AvgIpc) is 2.61. The lowest BCUT2D eigenvalue weighted by Crippen LogP contribution is -2.32. The van der Waals surface area contributed by atoms with Crippen LogP contribution in [0.15, 0.2) is 47.6 Å². The normalized spacial score (nSPS) is 12.4. The van der Waals surface area contributed by atoms with Crippen LogP contribution in [0.25, 0.3) is 0 Å². The van der Waals surface area contributed by atoms with Gasteiger partial charge in [-0.25, -0.2) is 19.7 Å². The van der Waals surface area contributed by atoms with Crippen molar-refractivity contribution in [1.29, 1.82) is 0 Å². The molecule has 0 atom stereocenters. The van der Waals surface area contributed by atoms with Crippen LogP contribution in [0.3, 0.4) is 0 Å². The number of aliphatic hydroxyl groups excluding tert-OH is 1. The number of rotatable bonds is 7. The summed E-state index contributed by atoms with van der Waals surface area (Å²) in [5.74, 6) is 5.30. The van der Waals surface area contributed by atoms with E-state index in [0.29, 0.717) is 0 Å². The number of hydrogen-bond donors (Lipinski definition) is 4. The maximum Gasteiger partial charge on any atom is 0.416 e. The van der Waals surface area contributed by atoms with Gasteiger partial charge in [0, 0.05) is 22.5 Å². The molecule has 0 aromatic heterocycles. The van der Waals surface area contributed by atoms with Gasteiger partial charge in [0.05, 0.1) is 18.7 Å². The first-order chi connectivity index (χ1) is 13.1. The number of hydrogen-bond acceptors (Lipinski definition) is 5. The zero-order valence-corrected chi connectivity index (χ0v) is 14.4. The predicted octanol–water partition coefficient (Wildman–Crippen LogP) is 3.17. The topological polar surface area (TPSA) is 99.9 Å². The first-order valence-electron chi connectivity index (χ1n) is 7.95. The van der Waals surface area contributed by atoms with Crippen molar-refractivity contribution in [3.05, 3.63) is 59.2 Å². The highest BCUT2D eigenvalue weighted by Crippen LogP contribution is 2.31. The largest absolute Gasteiger partial charge is 0.416 e. The molecule has 2 aromatic rings. The molecule has 0 fully saturated rings. The summed E-state index contributed by atoms with van der Waals surface area (Å²) in [5.41, 5.74) is 5.30. The lowest BCUT2D eigenvalue weighted by molar-refractivity contribution is -0.137. The van der Waals surface area contributed by atoms with Crippen molar-refractivity contribution in [3.8, 4) is 0 Å². The number of aliphatic hydroxyl groups is 1. The number of hydrazone groups is 1. The Labute approximate surface area is 157 Å². The van der Waals surface area contributed by atoms with Crippen LogP contribution in [0.1, 0.15) is 23.1 Å². The SMILES string of the molecule is N/C(=N\N(N)CCO)c1cc(C(F)F)ccc1Nc1ccc(C(F)(F)F)cc1. The van der Waals surface area contributed by atoms with Crippen LogP contribution in [-0.2, 0) is 6.18 Å². The van der Waals surface area contributed by atoms with Gasteiger partial charge in [-0.05, 0) is 36.4 Å². The van der Waals surface area contributed by atoms with Gasteiger partial charge in [0.1, 0.15) is 0 Å². The first-order valence-corrected chi connectivity index (χ1v) is 7.95. The molecule has 0 aliphatic rings. The minimum absolute atomic E-state index is 0.0447. The van der Waals surface area contributed by atoms with Crippen LogP contribution >= 0.6 is 0 Å². The Morgan fingerprint density at radius 2 is 1.79 bits per heavy atom. The van der Waals surface area contributed by atoms with Crippen molar-refractivity contribution >= 4 is 17.2 Å². The number of anilines is 2. The summed E-state index contributed by atoms with van der Waals surface area (Å²) in [7, 11) is 0. The smallest absolute Gasteiger partial charge is 0.394 e. The molecule has 0 aliphatic carbocycles. The van der Waals surface area contributed by atoms with Crippen molar-refractivity contribution in [3.63, 3.8) is 0 Å². The molecule has 0 saturated carbocycles. The molecule has 28 heavy (non-hydrogen) atoms. The van der Waals surface area contributed by atoms with Gasteiger partial charge >= 0.3 is 6.18 Å². The molecular formula is C17H18F5N5O. The zero-order valence-electron chi connectivity index (χ0n) is 14.4. The van der Waals surface area contributed by atoms with Crippen LogP contribution in [0.4, 0.5) is 33.3 Å². The monoisotopic (exact) mass is 403 g/mol. The molecule has 0 bridgehead atoms. The van der Waals surface area contributed by atoms with Crippen molar-refractivity contribution in [2.24, 2.45) is 16.7 Å². The molecule has 6 nitrogen and oxygen atoms in total. The minimum atomic E-state index is -4.48. The molecule has 6 N–H and O–H groups in total. The molecule has 0 saturated heterocycles. The van der Waals surface area contributed by atoms with Crippen LogP contribution in [0, 0.1) is 0 Å². The Morgan fingerprint density at radius 3 is 2.32 bits per heavy atom. The number of halogens is 5. The highest BCUT2D eigenvalue weighted by atomic mass is 19.4. The molecule has 11 heteroatoms. The van der Waals surface area contributed by atoms with E-state index in [1.54, 1.807) is 0 Å². The number of nitrogens with zero attached hydrogens (tertiary/aromatic N) is 2. The molecule has 0 aliphatic heterocycles. The predicted molar refractivity (Wildman–Crippen MR) is 94.8 cm³/mol. The second-order valence-corrected chi connectivity index (χ2v) is 5.68. The van der Waals surface area contributed by atoms with E-state index in [1.165, 1.54) is 18.2 Å². The van der Waals surface area contributed by atoms with Gasteiger partial charge in [-0.15, -0.1) is 5.10 Å². The fourth-order valence-corrected chi connectivity index (χ4v) is 2.26. The lowest BCUT2D eigenvalue weighted by atomic mass is 10.1. The summed E-state index contributed by atoms with van der Waals surface area (Å²) in [4.78, 5) is 0. The lowest BCUT2D eigenvalue weighted by Gasteiger charge is -2.16. The van der Waals surface area contributed by atoms with Crippen LogP contribution < -0.4 is 16.9 Å². The first kappa shape index (κ1) is 21.4. The Morgan fingerprint density at radius 1 is 1.14 bits per heavy atom. The van der Waals surface area contributed by atoms with Crippen molar-refractivity contribution in [1.82, 2.24) is 5.12 Å². The van der Waals surface area contributed by atoms with E-state index >= 15 is 0 Å². The third-order valence-corrected chi connectivity index (χ3v) is 3.63. The summed E-state index contributed by atoms with van der Waals surface area (Å²) in [6.45, 7) is -0.349. The van der Waals surface area contributed by atoms with Crippen LogP contribution in [-0.4, -0.2) is 29.2 Å². The molecule has 0 heterocycles. The quantitative estimate of drug-likeness (QED) is 0.187. The van der Waals surface area contributed by atoms with Crippen molar-refractivity contribution < 1.29 is 27.1 Å². The zero-order chi connectivity index (χ0) is 20.9. The highest BCUT2D eigenvalue weighted by Gasteiger charge is 2.30. The van der Waals surface area contributed by atoms with E-state index in [2.05, 4.69) is 10.4 Å². The Balaban J connectivity index is 2.37. The Bertz CT molecular complexity index is 824. The standard InChI is InChI=1S/C17H18F5N5O/c18-15(19)10-1-6-14(13(9-10)16(23)26-27(24)7-8-28)25-12-4-2-11(3-5-12)17(20,21)22/h1-6,9,15,25,28H,7-8,24H2,(H2,23,26). The number of amidine groups is 1. The van der Waals surface area contributed by atoms with Gasteiger partial charge < -0.3 is 16.2 Å². The fourth-order valence-electron chi connectivity index (χ4n) is 2.26. The molecule has 2 rings (SSSR count).